The summed E-state index contributed by atoms with van der Waals surface area (Å²) >= 11 is 0. The lowest BCUT2D eigenvalue weighted by Gasteiger charge is -2.55. The van der Waals surface area contributed by atoms with Crippen LogP contribution in [0.5, 0.6) is 23.0 Å². The van der Waals surface area contributed by atoms with E-state index in [9.17, 15) is 19.2 Å². The minimum atomic E-state index is -2.67. The molecule has 0 amide bonds. The highest BCUT2D eigenvalue weighted by molar-refractivity contribution is 5.95. The van der Waals surface area contributed by atoms with E-state index in [2.05, 4.69) is 9.97 Å². The predicted octanol–water partition coefficient (Wildman–Crippen LogP) is 3.78. The van der Waals surface area contributed by atoms with Crippen molar-refractivity contribution in [2.75, 3.05) is 41.5 Å². The van der Waals surface area contributed by atoms with Crippen LogP contribution in [0, 0.1) is 0 Å². The van der Waals surface area contributed by atoms with E-state index in [-0.39, 0.29) is 26.2 Å². The van der Waals surface area contributed by atoms with Gasteiger partial charge in [-0.25, -0.2) is 29.0 Å². The molecule has 0 aliphatic carbocycles. The van der Waals surface area contributed by atoms with Crippen molar-refractivity contribution in [3.05, 3.63) is 108 Å². The summed E-state index contributed by atoms with van der Waals surface area (Å²) in [6, 6.07) is 17.8. The Bertz CT molecular complexity index is 2190. The van der Waals surface area contributed by atoms with Crippen LogP contribution in [0.15, 0.2) is 97.4 Å². The Hall–Kier alpha value is -6.78. The summed E-state index contributed by atoms with van der Waals surface area (Å²) < 4.78 is 46.0. The number of hydrogen-bond donors (Lipinski definition) is 0. The van der Waals surface area contributed by atoms with Crippen LogP contribution in [0.3, 0.4) is 0 Å². The number of para-hydroxylation sites is 1. The van der Waals surface area contributed by atoms with Gasteiger partial charge in [0.1, 0.15) is 5.75 Å². The Balaban J connectivity index is 1.32. The largest absolute Gasteiger partial charge is 0.496 e. The molecule has 1 fully saturated rings. The van der Waals surface area contributed by atoms with Gasteiger partial charge in [0.25, 0.3) is 0 Å². The molecular formula is C40H36N4O12. The van der Waals surface area contributed by atoms with Gasteiger partial charge >= 0.3 is 35.7 Å². The zero-order chi connectivity index (χ0) is 39.5. The number of benzene rings is 2. The number of pyridine rings is 2. The summed E-state index contributed by atoms with van der Waals surface area (Å²) in [6.07, 6.45) is 6.65. The Morgan fingerprint density at radius 3 is 1.48 bits per heavy atom. The van der Waals surface area contributed by atoms with Crippen LogP contribution in [0.2, 0.25) is 0 Å². The smallest absolute Gasteiger partial charge is 0.420 e. The van der Waals surface area contributed by atoms with E-state index in [4.69, 9.17) is 37.9 Å². The molecule has 2 aromatic carbocycles. The molecule has 0 unspecified atom stereocenters. The molecule has 56 heavy (non-hydrogen) atoms. The number of fused-ring (bicyclic) bond motifs is 1. The zero-order valence-corrected chi connectivity index (χ0v) is 30.8. The second-order valence-corrected chi connectivity index (χ2v) is 12.6. The fourth-order valence-corrected chi connectivity index (χ4v) is 6.79. The lowest BCUT2D eigenvalue weighted by molar-refractivity contribution is -0.465. The van der Waals surface area contributed by atoms with Gasteiger partial charge in [-0.15, -0.1) is 0 Å². The first-order chi connectivity index (χ1) is 27.1. The van der Waals surface area contributed by atoms with Gasteiger partial charge in [-0.1, -0.05) is 12.1 Å². The van der Waals surface area contributed by atoms with Crippen LogP contribution in [0.1, 0.15) is 11.1 Å². The Labute approximate surface area is 320 Å². The maximum Gasteiger partial charge on any atom is 0.420 e. The molecule has 5 heterocycles. The first kappa shape index (κ1) is 37.5. The number of esters is 4. The molecule has 2 spiro atoms. The summed E-state index contributed by atoms with van der Waals surface area (Å²) in [7, 11) is 6.05. The number of carbonyl (C=O) groups excluding carboxylic acids is 4. The zero-order valence-electron chi connectivity index (χ0n) is 30.8. The summed E-state index contributed by atoms with van der Waals surface area (Å²) in [4.78, 5) is 65.4. The number of ether oxygens (including phenoxy) is 8. The quantitative estimate of drug-likeness (QED) is 0.213. The molecule has 3 aliphatic rings. The summed E-state index contributed by atoms with van der Waals surface area (Å²) in [5.74, 6) is -7.63. The van der Waals surface area contributed by atoms with Crippen LogP contribution < -0.4 is 18.9 Å². The molecule has 16 nitrogen and oxygen atoms in total. The molecule has 0 radical (unpaired) electrons. The SMILES string of the molecule is COc1ccccc1-c1cc(CN2CCN(Cc3ccnc(-c4cc(OC)c(OC)c(OC)c4)c3)C3(OC(=O)C=CC(=O)O3)C23OC(=O)C=CC(=O)O3)ccn1. The van der Waals surface area contributed by atoms with Crippen molar-refractivity contribution in [1.82, 2.24) is 19.8 Å². The predicted molar refractivity (Wildman–Crippen MR) is 194 cm³/mol. The molecule has 0 bridgehead atoms. The highest BCUT2D eigenvalue weighted by Gasteiger charge is 2.74. The molecule has 0 atom stereocenters. The fraction of sp³-hybridized carbons (Fsp3) is 0.250. The van der Waals surface area contributed by atoms with Crippen LogP contribution in [-0.2, 0) is 51.2 Å². The van der Waals surface area contributed by atoms with E-state index < -0.39 is 35.7 Å². The number of aromatic nitrogens is 2. The number of hydrogen-bond acceptors (Lipinski definition) is 16. The maximum atomic E-state index is 13.4. The maximum absolute atomic E-state index is 13.4. The average molecular weight is 765 g/mol. The Kier molecular flexibility index (Phi) is 10.4. The van der Waals surface area contributed by atoms with E-state index in [1.54, 1.807) is 62.0 Å². The monoisotopic (exact) mass is 764 g/mol. The van der Waals surface area contributed by atoms with Crippen molar-refractivity contribution < 1.29 is 57.1 Å². The molecular weight excluding hydrogens is 728 g/mol. The van der Waals surface area contributed by atoms with Crippen molar-refractivity contribution in [1.29, 1.82) is 0 Å². The topological polar surface area (TPSA) is 174 Å². The number of rotatable bonds is 10. The van der Waals surface area contributed by atoms with Gasteiger partial charge in [-0.2, -0.15) is 0 Å². The minimum Gasteiger partial charge on any atom is -0.496 e. The van der Waals surface area contributed by atoms with E-state index in [0.717, 1.165) is 24.3 Å². The Morgan fingerprint density at radius 2 is 1.02 bits per heavy atom. The van der Waals surface area contributed by atoms with Gasteiger partial charge in [0.15, 0.2) is 11.5 Å². The van der Waals surface area contributed by atoms with Crippen LogP contribution >= 0.6 is 0 Å². The highest BCUT2D eigenvalue weighted by Crippen LogP contribution is 2.46. The number of carbonyl (C=O) groups is 4. The van der Waals surface area contributed by atoms with Gasteiger partial charge in [-0.05, 0) is 59.7 Å². The first-order valence-electron chi connectivity index (χ1n) is 17.2. The number of piperazine rings is 1. The number of methoxy groups -OCH3 is 4. The summed E-state index contributed by atoms with van der Waals surface area (Å²) in [6.45, 7) is -0.0746. The van der Waals surface area contributed by atoms with Gasteiger partial charge < -0.3 is 37.9 Å². The Morgan fingerprint density at radius 1 is 0.571 bits per heavy atom. The van der Waals surface area contributed by atoms with E-state index in [1.165, 1.54) is 31.1 Å². The van der Waals surface area contributed by atoms with Crippen molar-refractivity contribution in [3.63, 3.8) is 0 Å². The van der Waals surface area contributed by atoms with Crippen LogP contribution in [-0.4, -0.2) is 97.0 Å². The molecule has 4 aromatic rings. The lowest BCUT2D eigenvalue weighted by Crippen LogP contribution is -2.80. The van der Waals surface area contributed by atoms with Crippen LogP contribution in [0.4, 0.5) is 0 Å². The second kappa shape index (κ2) is 15.5. The van der Waals surface area contributed by atoms with Gasteiger partial charge in [0, 0.05) is 74.0 Å². The summed E-state index contributed by atoms with van der Waals surface area (Å²) in [5, 5.41) is 0. The normalized spacial score (nSPS) is 17.6. The van der Waals surface area contributed by atoms with Crippen molar-refractivity contribution in [2.45, 2.75) is 24.9 Å². The second-order valence-electron chi connectivity index (χ2n) is 12.6. The molecule has 3 aliphatic heterocycles. The highest BCUT2D eigenvalue weighted by atomic mass is 16.8. The average Bonchev–Trinajstić information content (AvgIpc) is 3.47. The lowest BCUT2D eigenvalue weighted by atomic mass is 10.0. The standard InChI is InChI=1S/C40H36N4O12/c1-49-31-8-6-5-7-28(31)30-20-26(14-16-42-30)24-44-18-17-43(23-25-13-15-41-29(19-25)27-21-32(50-2)38(52-4)33(22-27)51-3)39(53-34(45)9-10-35(46)54-39)40(44)55-36(47)11-12-37(48)56-40/h5-16,19-22H,17-18,23-24H2,1-4H3. The molecule has 16 heteroatoms. The molecule has 288 valence electrons. The van der Waals surface area contributed by atoms with Crippen molar-refractivity contribution in [2.24, 2.45) is 0 Å². The molecule has 0 N–H and O–H groups in total. The van der Waals surface area contributed by atoms with E-state index in [1.807, 2.05) is 18.2 Å². The molecule has 2 aromatic heterocycles. The molecule has 0 saturated carbocycles. The third-order valence-electron chi connectivity index (χ3n) is 9.28. The van der Waals surface area contributed by atoms with Crippen molar-refractivity contribution >= 4 is 23.9 Å². The summed E-state index contributed by atoms with van der Waals surface area (Å²) in [5.41, 5.74) is 3.62. The van der Waals surface area contributed by atoms with E-state index in [0.29, 0.717) is 56.6 Å². The molecule has 7 rings (SSSR count). The minimum absolute atomic E-state index is 0.0388. The van der Waals surface area contributed by atoms with Gasteiger partial charge in [-0.3, -0.25) is 9.97 Å². The number of nitrogens with zero attached hydrogens (tertiary/aromatic N) is 4. The van der Waals surface area contributed by atoms with E-state index >= 15 is 0 Å². The van der Waals surface area contributed by atoms with Gasteiger partial charge in [0.2, 0.25) is 5.75 Å². The van der Waals surface area contributed by atoms with Crippen molar-refractivity contribution in [3.8, 4) is 45.5 Å². The molecule has 1 saturated heterocycles. The fourth-order valence-electron chi connectivity index (χ4n) is 6.79. The van der Waals surface area contributed by atoms with Crippen LogP contribution in [0.25, 0.3) is 22.5 Å². The third-order valence-corrected chi connectivity index (χ3v) is 9.28. The third kappa shape index (κ3) is 6.98. The van der Waals surface area contributed by atoms with Gasteiger partial charge in [0.05, 0.1) is 39.8 Å². The first-order valence-corrected chi connectivity index (χ1v) is 17.2.